The summed E-state index contributed by atoms with van der Waals surface area (Å²) in [6, 6.07) is 10.9. The van der Waals surface area contributed by atoms with Crippen molar-refractivity contribution in [2.24, 2.45) is 0 Å². The third kappa shape index (κ3) is 2.74. The van der Waals surface area contributed by atoms with Crippen LogP contribution < -0.4 is 10.1 Å². The van der Waals surface area contributed by atoms with E-state index in [4.69, 9.17) is 4.74 Å². The summed E-state index contributed by atoms with van der Waals surface area (Å²) < 4.78 is 6.17. The van der Waals surface area contributed by atoms with Gasteiger partial charge in [-0.25, -0.2) is 0 Å². The van der Waals surface area contributed by atoms with Crippen LogP contribution in [-0.2, 0) is 6.42 Å². The van der Waals surface area contributed by atoms with Crippen LogP contribution in [0.3, 0.4) is 0 Å². The lowest BCUT2D eigenvalue weighted by atomic mass is 9.99. The van der Waals surface area contributed by atoms with Gasteiger partial charge in [-0.1, -0.05) is 25.1 Å². The van der Waals surface area contributed by atoms with Crippen molar-refractivity contribution >= 4 is 11.3 Å². The highest BCUT2D eigenvalue weighted by molar-refractivity contribution is 7.10. The Morgan fingerprint density at radius 3 is 2.95 bits per heavy atom. The summed E-state index contributed by atoms with van der Waals surface area (Å²) in [5.74, 6) is 1.05. The maximum Gasteiger partial charge on any atom is 0.123 e. The molecule has 1 aliphatic rings. The summed E-state index contributed by atoms with van der Waals surface area (Å²) in [5.41, 5.74) is 2.69. The van der Waals surface area contributed by atoms with Gasteiger partial charge in [-0.15, -0.1) is 11.3 Å². The van der Waals surface area contributed by atoms with Gasteiger partial charge < -0.3 is 10.1 Å². The quantitative estimate of drug-likeness (QED) is 0.894. The highest BCUT2D eigenvalue weighted by atomic mass is 32.1. The monoisotopic (exact) mass is 287 g/mol. The molecule has 2 atom stereocenters. The molecule has 3 rings (SSSR count). The Bertz CT molecular complexity index is 553. The standard InChI is InChI=1S/C17H21NOS/c1-3-8-18-17(14-9-12(2)20-11-14)16-10-13-6-4-5-7-15(13)19-16/h4-7,9,11,16-18H,3,8,10H2,1-2H3. The predicted octanol–water partition coefficient (Wildman–Crippen LogP) is 4.10. The van der Waals surface area contributed by atoms with Gasteiger partial charge in [0, 0.05) is 11.3 Å². The van der Waals surface area contributed by atoms with E-state index in [-0.39, 0.29) is 12.1 Å². The Labute approximate surface area is 124 Å². The summed E-state index contributed by atoms with van der Waals surface area (Å²) >= 11 is 1.81. The molecule has 0 aliphatic carbocycles. The fourth-order valence-electron chi connectivity index (χ4n) is 2.79. The number of benzene rings is 1. The number of nitrogens with one attached hydrogen (secondary N) is 1. The number of thiophene rings is 1. The number of aryl methyl sites for hydroxylation is 1. The van der Waals surface area contributed by atoms with Gasteiger partial charge in [-0.3, -0.25) is 0 Å². The molecule has 1 aromatic heterocycles. The molecule has 2 unspecified atom stereocenters. The van der Waals surface area contributed by atoms with E-state index in [1.807, 2.05) is 17.4 Å². The van der Waals surface area contributed by atoms with Crippen LogP contribution in [-0.4, -0.2) is 12.6 Å². The van der Waals surface area contributed by atoms with Crippen molar-refractivity contribution in [3.05, 3.63) is 51.7 Å². The zero-order valence-corrected chi connectivity index (χ0v) is 12.9. The smallest absolute Gasteiger partial charge is 0.123 e. The van der Waals surface area contributed by atoms with E-state index in [2.05, 4.69) is 48.8 Å². The minimum Gasteiger partial charge on any atom is -0.488 e. The maximum absolute atomic E-state index is 6.17. The first kappa shape index (κ1) is 13.7. The molecule has 0 radical (unpaired) electrons. The molecule has 0 bridgehead atoms. The molecule has 0 amide bonds. The molecule has 0 spiro atoms. The van der Waals surface area contributed by atoms with Crippen LogP contribution in [0.5, 0.6) is 5.75 Å². The van der Waals surface area contributed by atoms with E-state index in [9.17, 15) is 0 Å². The maximum atomic E-state index is 6.17. The molecule has 0 saturated heterocycles. The lowest BCUT2D eigenvalue weighted by molar-refractivity contribution is 0.179. The van der Waals surface area contributed by atoms with Crippen molar-refractivity contribution in [2.45, 2.75) is 38.8 Å². The van der Waals surface area contributed by atoms with E-state index in [1.54, 1.807) is 0 Å². The van der Waals surface area contributed by atoms with Gasteiger partial charge in [0.25, 0.3) is 0 Å². The zero-order chi connectivity index (χ0) is 13.9. The van der Waals surface area contributed by atoms with E-state index in [0.29, 0.717) is 0 Å². The first-order chi connectivity index (χ1) is 9.78. The molecular weight excluding hydrogens is 266 g/mol. The van der Waals surface area contributed by atoms with Gasteiger partial charge in [0.2, 0.25) is 0 Å². The van der Waals surface area contributed by atoms with E-state index in [1.165, 1.54) is 16.0 Å². The third-order valence-corrected chi connectivity index (χ3v) is 4.65. The number of para-hydroxylation sites is 1. The first-order valence-corrected chi connectivity index (χ1v) is 8.19. The van der Waals surface area contributed by atoms with Crippen LogP contribution in [0.25, 0.3) is 0 Å². The lowest BCUT2D eigenvalue weighted by Crippen LogP contribution is -2.35. The summed E-state index contributed by atoms with van der Waals surface area (Å²) in [7, 11) is 0. The topological polar surface area (TPSA) is 21.3 Å². The SMILES string of the molecule is CCCNC(c1csc(C)c1)C1Cc2ccccc2O1. The molecule has 106 valence electrons. The highest BCUT2D eigenvalue weighted by Crippen LogP contribution is 2.35. The van der Waals surface area contributed by atoms with Gasteiger partial charge in [0.15, 0.2) is 0 Å². The van der Waals surface area contributed by atoms with Crippen LogP contribution in [0.2, 0.25) is 0 Å². The summed E-state index contributed by atoms with van der Waals surface area (Å²) in [5, 5.41) is 5.92. The Morgan fingerprint density at radius 1 is 1.40 bits per heavy atom. The minimum atomic E-state index is 0.202. The van der Waals surface area contributed by atoms with Gasteiger partial charge in [-0.2, -0.15) is 0 Å². The molecule has 2 heterocycles. The van der Waals surface area contributed by atoms with Crippen molar-refractivity contribution in [1.29, 1.82) is 0 Å². The molecule has 20 heavy (non-hydrogen) atoms. The largest absolute Gasteiger partial charge is 0.488 e. The van der Waals surface area contributed by atoms with Crippen LogP contribution in [0.1, 0.15) is 35.4 Å². The normalized spacial score (nSPS) is 18.6. The molecule has 1 N–H and O–H groups in total. The first-order valence-electron chi connectivity index (χ1n) is 7.31. The van der Waals surface area contributed by atoms with Gasteiger partial charge in [0.1, 0.15) is 11.9 Å². The van der Waals surface area contributed by atoms with Gasteiger partial charge in [-0.05, 0) is 48.5 Å². The third-order valence-electron chi connectivity index (χ3n) is 3.77. The fourth-order valence-corrected chi connectivity index (χ4v) is 3.53. The Balaban J connectivity index is 1.81. The van der Waals surface area contributed by atoms with Crippen LogP contribution in [0.4, 0.5) is 0 Å². The van der Waals surface area contributed by atoms with Crippen molar-refractivity contribution < 1.29 is 4.74 Å². The number of ether oxygens (including phenoxy) is 1. The van der Waals surface area contributed by atoms with Crippen LogP contribution in [0, 0.1) is 6.92 Å². The summed E-state index contributed by atoms with van der Waals surface area (Å²) in [4.78, 5) is 1.36. The average Bonchev–Trinajstić information content (AvgIpc) is 3.05. The van der Waals surface area contributed by atoms with Gasteiger partial charge in [0.05, 0.1) is 6.04 Å². The minimum absolute atomic E-state index is 0.202. The fraction of sp³-hybridized carbons (Fsp3) is 0.412. The zero-order valence-electron chi connectivity index (χ0n) is 12.1. The molecule has 2 nitrogen and oxygen atoms in total. The van der Waals surface area contributed by atoms with Crippen LogP contribution in [0.15, 0.2) is 35.7 Å². The number of fused-ring (bicyclic) bond motifs is 1. The molecule has 0 saturated carbocycles. The van der Waals surface area contributed by atoms with Crippen molar-refractivity contribution in [1.82, 2.24) is 5.32 Å². The van der Waals surface area contributed by atoms with Crippen LogP contribution >= 0.6 is 11.3 Å². The van der Waals surface area contributed by atoms with Crippen molar-refractivity contribution in [3.8, 4) is 5.75 Å². The second kappa shape index (κ2) is 5.98. The summed E-state index contributed by atoms with van der Waals surface area (Å²) in [6.07, 6.45) is 2.33. The van der Waals surface area contributed by atoms with E-state index in [0.717, 1.165) is 25.1 Å². The second-order valence-corrected chi connectivity index (χ2v) is 6.51. The number of hydrogen-bond acceptors (Lipinski definition) is 3. The number of hydrogen-bond donors (Lipinski definition) is 1. The van der Waals surface area contributed by atoms with Gasteiger partial charge >= 0.3 is 0 Å². The Hall–Kier alpha value is -1.32. The average molecular weight is 287 g/mol. The van der Waals surface area contributed by atoms with Crippen molar-refractivity contribution in [3.63, 3.8) is 0 Å². The molecule has 1 aromatic carbocycles. The number of rotatable bonds is 5. The van der Waals surface area contributed by atoms with Crippen molar-refractivity contribution in [2.75, 3.05) is 6.54 Å². The summed E-state index contributed by atoms with van der Waals surface area (Å²) in [6.45, 7) is 5.39. The Morgan fingerprint density at radius 2 is 2.25 bits per heavy atom. The second-order valence-electron chi connectivity index (χ2n) is 5.39. The predicted molar refractivity (Wildman–Crippen MR) is 84.7 cm³/mol. The van der Waals surface area contributed by atoms with E-state index >= 15 is 0 Å². The highest BCUT2D eigenvalue weighted by Gasteiger charge is 2.31. The molecule has 2 aromatic rings. The molecular formula is C17H21NOS. The van der Waals surface area contributed by atoms with E-state index < -0.39 is 0 Å². The molecule has 0 fully saturated rings. The Kier molecular flexibility index (Phi) is 4.08. The lowest BCUT2D eigenvalue weighted by Gasteiger charge is -2.24. The molecule has 1 aliphatic heterocycles. The molecule has 3 heteroatoms.